The Hall–Kier alpha value is -2.40. The molecule has 0 radical (unpaired) electrons. The third-order valence-electron chi connectivity index (χ3n) is 4.32. The Bertz CT molecular complexity index is 759. The maximum Gasteiger partial charge on any atom is 0.0946 e. The van der Waals surface area contributed by atoms with Gasteiger partial charge >= 0.3 is 0 Å². The highest BCUT2D eigenvalue weighted by atomic mass is 15.3. The summed E-state index contributed by atoms with van der Waals surface area (Å²) in [5.41, 5.74) is 4.69. The normalized spacial score (nSPS) is 12.5. The van der Waals surface area contributed by atoms with Crippen LogP contribution in [0, 0.1) is 19.8 Å². The fourth-order valence-corrected chi connectivity index (χ4v) is 3.01. The van der Waals surface area contributed by atoms with E-state index in [2.05, 4.69) is 47.8 Å². The number of para-hydroxylation sites is 1. The van der Waals surface area contributed by atoms with Crippen LogP contribution in [0.25, 0.3) is 5.69 Å². The first-order chi connectivity index (χ1) is 11.6. The monoisotopic (exact) mass is 323 g/mol. The van der Waals surface area contributed by atoms with Crippen molar-refractivity contribution in [3.63, 3.8) is 0 Å². The van der Waals surface area contributed by atoms with Gasteiger partial charge in [-0.15, -0.1) is 0 Å². The number of aromatic nitrogens is 4. The SMILES string of the molecule is Cc1nn(-c2ccccc2)c(C)c1CNCC(C)Cn1ccnc1. The van der Waals surface area contributed by atoms with Gasteiger partial charge in [-0.05, 0) is 38.4 Å². The second kappa shape index (κ2) is 7.45. The minimum absolute atomic E-state index is 0.545. The molecule has 5 heteroatoms. The van der Waals surface area contributed by atoms with Crippen molar-refractivity contribution in [3.05, 3.63) is 66.0 Å². The molecule has 3 rings (SSSR count). The number of imidazole rings is 1. The molecular formula is C19H25N5. The summed E-state index contributed by atoms with van der Waals surface area (Å²) in [6.45, 7) is 9.26. The molecule has 0 aliphatic heterocycles. The molecule has 1 aromatic carbocycles. The average molecular weight is 323 g/mol. The van der Waals surface area contributed by atoms with Gasteiger partial charge in [-0.3, -0.25) is 0 Å². The Morgan fingerprint density at radius 1 is 1.17 bits per heavy atom. The highest BCUT2D eigenvalue weighted by Crippen LogP contribution is 2.17. The summed E-state index contributed by atoms with van der Waals surface area (Å²) < 4.78 is 4.15. The van der Waals surface area contributed by atoms with Gasteiger partial charge in [0.15, 0.2) is 0 Å². The molecule has 0 saturated carbocycles. The second-order valence-corrected chi connectivity index (χ2v) is 6.39. The molecule has 3 aromatic rings. The third-order valence-corrected chi connectivity index (χ3v) is 4.32. The number of nitrogens with one attached hydrogen (secondary N) is 1. The smallest absolute Gasteiger partial charge is 0.0946 e. The van der Waals surface area contributed by atoms with Crippen LogP contribution in [-0.2, 0) is 13.1 Å². The summed E-state index contributed by atoms with van der Waals surface area (Å²) in [6.07, 6.45) is 5.70. The van der Waals surface area contributed by atoms with Crippen molar-refractivity contribution in [2.75, 3.05) is 6.54 Å². The molecule has 0 bridgehead atoms. The molecule has 2 aromatic heterocycles. The van der Waals surface area contributed by atoms with E-state index in [-0.39, 0.29) is 0 Å². The Morgan fingerprint density at radius 3 is 2.67 bits per heavy atom. The largest absolute Gasteiger partial charge is 0.337 e. The molecule has 0 aliphatic carbocycles. The highest BCUT2D eigenvalue weighted by Gasteiger charge is 2.12. The van der Waals surface area contributed by atoms with E-state index in [1.807, 2.05) is 41.6 Å². The van der Waals surface area contributed by atoms with E-state index in [9.17, 15) is 0 Å². The zero-order valence-corrected chi connectivity index (χ0v) is 14.6. The number of hydrogen-bond donors (Lipinski definition) is 1. The van der Waals surface area contributed by atoms with Crippen molar-refractivity contribution in [2.45, 2.75) is 33.9 Å². The van der Waals surface area contributed by atoms with E-state index in [0.717, 1.165) is 31.0 Å². The van der Waals surface area contributed by atoms with E-state index in [0.29, 0.717) is 5.92 Å². The van der Waals surface area contributed by atoms with Gasteiger partial charge in [0.25, 0.3) is 0 Å². The number of nitrogens with zero attached hydrogens (tertiary/aromatic N) is 4. The summed E-state index contributed by atoms with van der Waals surface area (Å²) in [5.74, 6) is 0.545. The number of aryl methyl sites for hydroxylation is 1. The van der Waals surface area contributed by atoms with Gasteiger partial charge in [-0.2, -0.15) is 5.10 Å². The maximum absolute atomic E-state index is 4.70. The fraction of sp³-hybridized carbons (Fsp3) is 0.368. The number of rotatable bonds is 7. The van der Waals surface area contributed by atoms with Crippen LogP contribution in [0.4, 0.5) is 0 Å². The van der Waals surface area contributed by atoms with E-state index in [4.69, 9.17) is 5.10 Å². The van der Waals surface area contributed by atoms with Crippen LogP contribution >= 0.6 is 0 Å². The zero-order chi connectivity index (χ0) is 16.9. The Labute approximate surface area is 143 Å². The zero-order valence-electron chi connectivity index (χ0n) is 14.6. The first-order valence-electron chi connectivity index (χ1n) is 8.42. The van der Waals surface area contributed by atoms with E-state index in [1.165, 1.54) is 11.3 Å². The number of benzene rings is 1. The summed E-state index contributed by atoms with van der Waals surface area (Å²) in [4.78, 5) is 4.09. The Balaban J connectivity index is 1.60. The standard InChI is InChI=1S/C19H25N5/c1-15(13-23-10-9-20-14-23)11-21-12-19-16(2)22-24(17(19)3)18-7-5-4-6-8-18/h4-10,14-15,21H,11-13H2,1-3H3. The van der Waals surface area contributed by atoms with Gasteiger partial charge < -0.3 is 9.88 Å². The fourth-order valence-electron chi connectivity index (χ4n) is 3.01. The van der Waals surface area contributed by atoms with Crippen LogP contribution in [0.3, 0.4) is 0 Å². The van der Waals surface area contributed by atoms with Crippen LogP contribution in [-0.4, -0.2) is 25.9 Å². The van der Waals surface area contributed by atoms with Crippen molar-refractivity contribution in [3.8, 4) is 5.69 Å². The van der Waals surface area contributed by atoms with E-state index in [1.54, 1.807) is 0 Å². The van der Waals surface area contributed by atoms with Gasteiger partial charge in [0.05, 0.1) is 17.7 Å². The molecule has 0 amide bonds. The van der Waals surface area contributed by atoms with Crippen molar-refractivity contribution >= 4 is 0 Å². The molecule has 5 nitrogen and oxygen atoms in total. The lowest BCUT2D eigenvalue weighted by molar-refractivity contribution is 0.444. The van der Waals surface area contributed by atoms with Crippen LogP contribution < -0.4 is 5.32 Å². The molecule has 0 spiro atoms. The molecule has 1 N–H and O–H groups in total. The minimum atomic E-state index is 0.545. The van der Waals surface area contributed by atoms with Crippen molar-refractivity contribution in [2.24, 2.45) is 5.92 Å². The summed E-state index contributed by atoms with van der Waals surface area (Å²) in [7, 11) is 0. The predicted molar refractivity (Wildman–Crippen MR) is 96.1 cm³/mol. The highest BCUT2D eigenvalue weighted by molar-refractivity contribution is 5.36. The topological polar surface area (TPSA) is 47.7 Å². The average Bonchev–Trinajstić information content (AvgIpc) is 3.18. The summed E-state index contributed by atoms with van der Waals surface area (Å²) >= 11 is 0. The molecular weight excluding hydrogens is 298 g/mol. The van der Waals surface area contributed by atoms with Crippen LogP contribution in [0.1, 0.15) is 23.9 Å². The van der Waals surface area contributed by atoms with Crippen molar-refractivity contribution in [1.29, 1.82) is 0 Å². The molecule has 24 heavy (non-hydrogen) atoms. The van der Waals surface area contributed by atoms with Crippen LogP contribution in [0.2, 0.25) is 0 Å². The second-order valence-electron chi connectivity index (χ2n) is 6.39. The Kier molecular flexibility index (Phi) is 5.11. The minimum Gasteiger partial charge on any atom is -0.337 e. The molecule has 126 valence electrons. The van der Waals surface area contributed by atoms with Crippen LogP contribution in [0.5, 0.6) is 0 Å². The van der Waals surface area contributed by atoms with Crippen LogP contribution in [0.15, 0.2) is 49.1 Å². The first-order valence-corrected chi connectivity index (χ1v) is 8.42. The molecule has 1 atom stereocenters. The maximum atomic E-state index is 4.70. The molecule has 0 saturated heterocycles. The van der Waals surface area contributed by atoms with E-state index >= 15 is 0 Å². The lowest BCUT2D eigenvalue weighted by Gasteiger charge is -2.13. The quantitative estimate of drug-likeness (QED) is 0.727. The number of hydrogen-bond acceptors (Lipinski definition) is 3. The van der Waals surface area contributed by atoms with Crippen molar-refractivity contribution in [1.82, 2.24) is 24.6 Å². The van der Waals surface area contributed by atoms with E-state index < -0.39 is 0 Å². The molecule has 0 aliphatic rings. The van der Waals surface area contributed by atoms with Crippen molar-refractivity contribution < 1.29 is 0 Å². The third kappa shape index (κ3) is 3.74. The van der Waals surface area contributed by atoms with Gasteiger partial charge in [-0.25, -0.2) is 9.67 Å². The summed E-state index contributed by atoms with van der Waals surface area (Å²) in [6, 6.07) is 10.3. The van der Waals surface area contributed by atoms with Gasteiger partial charge in [0.1, 0.15) is 0 Å². The molecule has 0 fully saturated rings. The Morgan fingerprint density at radius 2 is 1.96 bits per heavy atom. The lowest BCUT2D eigenvalue weighted by atomic mass is 10.1. The van der Waals surface area contributed by atoms with Gasteiger partial charge in [0.2, 0.25) is 0 Å². The summed E-state index contributed by atoms with van der Waals surface area (Å²) in [5, 5.41) is 8.28. The lowest BCUT2D eigenvalue weighted by Crippen LogP contribution is -2.24. The molecule has 1 unspecified atom stereocenters. The van der Waals surface area contributed by atoms with Gasteiger partial charge in [-0.1, -0.05) is 25.1 Å². The molecule has 2 heterocycles. The first kappa shape index (κ1) is 16.5. The van der Waals surface area contributed by atoms with Gasteiger partial charge in [0, 0.05) is 36.7 Å². The predicted octanol–water partition coefficient (Wildman–Crippen LogP) is 3.11.